The Morgan fingerprint density at radius 3 is 2.17 bits per heavy atom. The minimum absolute atomic E-state index is 0.0914. The van der Waals surface area contributed by atoms with Crippen LogP contribution in [0.5, 0.6) is 0 Å². The lowest BCUT2D eigenvalue weighted by molar-refractivity contribution is 0.273. The molecular weight excluding hydrogens is 398 g/mol. The third kappa shape index (κ3) is 3.72. The van der Waals surface area contributed by atoms with E-state index < -0.39 is 10.0 Å². The first kappa shape index (κ1) is 20.9. The van der Waals surface area contributed by atoms with Crippen molar-refractivity contribution in [1.29, 1.82) is 0 Å². The van der Waals surface area contributed by atoms with Crippen molar-refractivity contribution in [2.24, 2.45) is 5.92 Å². The van der Waals surface area contributed by atoms with Gasteiger partial charge in [-0.05, 0) is 62.8 Å². The van der Waals surface area contributed by atoms with Gasteiger partial charge in [-0.2, -0.15) is 4.31 Å². The third-order valence-electron chi connectivity index (χ3n) is 6.20. The molecule has 160 valence electrons. The molecule has 1 fully saturated rings. The SMILES string of the molecule is CCn1c(=O)n(CC)c2cc(S(=O)(=O)N3CCC(Cc4ccccc4)CC3)ccc21. The lowest BCUT2D eigenvalue weighted by Crippen LogP contribution is -2.38. The van der Waals surface area contributed by atoms with Gasteiger partial charge < -0.3 is 0 Å². The summed E-state index contributed by atoms with van der Waals surface area (Å²) < 4.78 is 31.5. The van der Waals surface area contributed by atoms with Gasteiger partial charge in [-0.15, -0.1) is 0 Å². The summed E-state index contributed by atoms with van der Waals surface area (Å²) in [5.41, 5.74) is 2.68. The summed E-state index contributed by atoms with van der Waals surface area (Å²) in [4.78, 5) is 12.8. The van der Waals surface area contributed by atoms with E-state index in [2.05, 4.69) is 12.1 Å². The lowest BCUT2D eigenvalue weighted by Gasteiger charge is -2.31. The Morgan fingerprint density at radius 2 is 1.53 bits per heavy atom. The summed E-state index contributed by atoms with van der Waals surface area (Å²) in [6.07, 6.45) is 2.72. The number of aryl methyl sites for hydroxylation is 2. The maximum Gasteiger partial charge on any atom is 0.329 e. The van der Waals surface area contributed by atoms with E-state index in [4.69, 9.17) is 0 Å². The molecule has 0 unspecified atom stereocenters. The first-order chi connectivity index (χ1) is 14.5. The molecule has 30 heavy (non-hydrogen) atoms. The zero-order valence-corrected chi connectivity index (χ0v) is 18.4. The molecule has 4 rings (SSSR count). The molecule has 0 atom stereocenters. The lowest BCUT2D eigenvalue weighted by atomic mass is 9.91. The fourth-order valence-corrected chi connectivity index (χ4v) is 6.01. The monoisotopic (exact) mass is 427 g/mol. The number of nitrogens with zero attached hydrogens (tertiary/aromatic N) is 3. The number of hydrogen-bond donors (Lipinski definition) is 0. The summed E-state index contributed by atoms with van der Waals surface area (Å²) in [5, 5.41) is 0. The minimum atomic E-state index is -3.58. The van der Waals surface area contributed by atoms with Gasteiger partial charge in [-0.3, -0.25) is 9.13 Å². The first-order valence-corrected chi connectivity index (χ1v) is 12.2. The number of hydrogen-bond acceptors (Lipinski definition) is 3. The van der Waals surface area contributed by atoms with E-state index in [9.17, 15) is 13.2 Å². The molecule has 0 spiro atoms. The molecule has 2 aromatic carbocycles. The van der Waals surface area contributed by atoms with Crippen molar-refractivity contribution < 1.29 is 8.42 Å². The summed E-state index contributed by atoms with van der Waals surface area (Å²) >= 11 is 0. The fraction of sp³-hybridized carbons (Fsp3) is 0.435. The number of imidazole rings is 1. The molecule has 7 heteroatoms. The van der Waals surface area contributed by atoms with Crippen LogP contribution in [-0.4, -0.2) is 34.9 Å². The van der Waals surface area contributed by atoms with Crippen LogP contribution >= 0.6 is 0 Å². The summed E-state index contributed by atoms with van der Waals surface area (Å²) in [6.45, 7) is 5.97. The molecule has 1 aliphatic heterocycles. The highest BCUT2D eigenvalue weighted by Crippen LogP contribution is 2.27. The van der Waals surface area contributed by atoms with Crippen molar-refractivity contribution in [2.45, 2.75) is 51.1 Å². The maximum absolute atomic E-state index is 13.3. The number of fused-ring (bicyclic) bond motifs is 1. The second kappa shape index (κ2) is 8.40. The number of sulfonamides is 1. The smallest absolute Gasteiger partial charge is 0.292 e. The van der Waals surface area contributed by atoms with Crippen LogP contribution in [0.1, 0.15) is 32.3 Å². The molecule has 1 aromatic heterocycles. The van der Waals surface area contributed by atoms with Gasteiger partial charge in [0.2, 0.25) is 10.0 Å². The molecule has 3 aromatic rings. The van der Waals surface area contributed by atoms with E-state index in [1.165, 1.54) is 5.56 Å². The Bertz CT molecular complexity index is 1190. The zero-order valence-electron chi connectivity index (χ0n) is 17.6. The number of benzene rings is 2. The topological polar surface area (TPSA) is 64.3 Å². The molecule has 2 heterocycles. The standard InChI is InChI=1S/C23H29N3O3S/c1-3-25-21-11-10-20(17-22(21)26(4-2)23(25)27)30(28,29)24-14-12-19(13-15-24)16-18-8-6-5-7-9-18/h5-11,17,19H,3-4,12-16H2,1-2H3. The van der Waals surface area contributed by atoms with E-state index in [1.807, 2.05) is 32.0 Å². The van der Waals surface area contributed by atoms with Crippen LogP contribution in [0, 0.1) is 5.92 Å². The van der Waals surface area contributed by atoms with Crippen LogP contribution in [0.3, 0.4) is 0 Å². The average molecular weight is 428 g/mol. The molecular formula is C23H29N3O3S. The normalized spacial score (nSPS) is 16.3. The molecule has 0 radical (unpaired) electrons. The third-order valence-corrected chi connectivity index (χ3v) is 8.10. The molecule has 0 N–H and O–H groups in total. The van der Waals surface area contributed by atoms with Crippen LogP contribution in [0.15, 0.2) is 58.2 Å². The zero-order chi connectivity index (χ0) is 21.3. The predicted molar refractivity (Wildman–Crippen MR) is 119 cm³/mol. The van der Waals surface area contributed by atoms with Crippen LogP contribution in [0.25, 0.3) is 11.0 Å². The molecule has 0 bridgehead atoms. The van der Waals surface area contributed by atoms with Crippen molar-refractivity contribution >= 4 is 21.1 Å². The molecule has 1 saturated heterocycles. The highest BCUT2D eigenvalue weighted by Gasteiger charge is 2.30. The van der Waals surface area contributed by atoms with Crippen LogP contribution in [0.2, 0.25) is 0 Å². The molecule has 1 aliphatic rings. The maximum atomic E-state index is 13.3. The van der Waals surface area contributed by atoms with Gasteiger partial charge in [0.05, 0.1) is 15.9 Å². The van der Waals surface area contributed by atoms with Gasteiger partial charge >= 0.3 is 5.69 Å². The average Bonchev–Trinajstić information content (AvgIpc) is 3.04. The molecule has 6 nitrogen and oxygen atoms in total. The second-order valence-corrected chi connectivity index (χ2v) is 9.90. The first-order valence-electron chi connectivity index (χ1n) is 10.7. The Hall–Kier alpha value is -2.38. The Kier molecular flexibility index (Phi) is 5.84. The van der Waals surface area contributed by atoms with E-state index in [0.717, 1.165) is 24.8 Å². The van der Waals surface area contributed by atoms with Crippen molar-refractivity contribution in [2.75, 3.05) is 13.1 Å². The summed E-state index contributed by atoms with van der Waals surface area (Å²) in [5.74, 6) is 0.505. The Morgan fingerprint density at radius 1 is 0.900 bits per heavy atom. The minimum Gasteiger partial charge on any atom is -0.292 e. The Labute approximate surface area is 177 Å². The molecule has 0 saturated carbocycles. The van der Waals surface area contributed by atoms with Crippen LogP contribution in [0.4, 0.5) is 0 Å². The van der Waals surface area contributed by atoms with Gasteiger partial charge in [0.1, 0.15) is 0 Å². The van der Waals surface area contributed by atoms with E-state index in [-0.39, 0.29) is 10.6 Å². The largest absolute Gasteiger partial charge is 0.329 e. The number of rotatable bonds is 6. The van der Waals surface area contributed by atoms with Crippen molar-refractivity contribution in [1.82, 2.24) is 13.4 Å². The van der Waals surface area contributed by atoms with Gasteiger partial charge in [-0.1, -0.05) is 30.3 Å². The van der Waals surface area contributed by atoms with E-state index >= 15 is 0 Å². The highest BCUT2D eigenvalue weighted by atomic mass is 32.2. The summed E-state index contributed by atoms with van der Waals surface area (Å²) in [7, 11) is -3.58. The van der Waals surface area contributed by atoms with Gasteiger partial charge in [0.25, 0.3) is 0 Å². The number of aromatic nitrogens is 2. The van der Waals surface area contributed by atoms with Crippen LogP contribution in [-0.2, 0) is 29.5 Å². The van der Waals surface area contributed by atoms with Gasteiger partial charge in [0, 0.05) is 26.2 Å². The quantitative estimate of drug-likeness (QED) is 0.605. The van der Waals surface area contributed by atoms with Crippen LogP contribution < -0.4 is 5.69 Å². The van der Waals surface area contributed by atoms with Gasteiger partial charge in [0.15, 0.2) is 0 Å². The van der Waals surface area contributed by atoms with Crippen molar-refractivity contribution in [3.8, 4) is 0 Å². The Balaban J connectivity index is 1.55. The fourth-order valence-electron chi connectivity index (χ4n) is 4.52. The second-order valence-electron chi connectivity index (χ2n) is 7.96. The van der Waals surface area contributed by atoms with E-state index in [1.54, 1.807) is 31.6 Å². The van der Waals surface area contributed by atoms with Gasteiger partial charge in [-0.25, -0.2) is 13.2 Å². The highest BCUT2D eigenvalue weighted by molar-refractivity contribution is 7.89. The van der Waals surface area contributed by atoms with Crippen molar-refractivity contribution in [3.63, 3.8) is 0 Å². The van der Waals surface area contributed by atoms with Crippen molar-refractivity contribution in [3.05, 3.63) is 64.6 Å². The molecule has 0 aliphatic carbocycles. The summed E-state index contributed by atoms with van der Waals surface area (Å²) in [6, 6.07) is 15.4. The van der Waals surface area contributed by atoms with E-state index in [0.29, 0.717) is 37.6 Å². The molecule has 0 amide bonds. The number of piperidine rings is 1. The predicted octanol–water partition coefficient (Wildman–Crippen LogP) is 3.49.